The van der Waals surface area contributed by atoms with Gasteiger partial charge in [-0.1, -0.05) is 51.0 Å². The van der Waals surface area contributed by atoms with Crippen molar-refractivity contribution in [2.75, 3.05) is 0 Å². The van der Waals surface area contributed by atoms with Crippen LogP contribution >= 0.6 is 0 Å². The van der Waals surface area contributed by atoms with Gasteiger partial charge in [-0.3, -0.25) is 0 Å². The van der Waals surface area contributed by atoms with E-state index in [0.29, 0.717) is 0 Å². The quantitative estimate of drug-likeness (QED) is 0.488. The summed E-state index contributed by atoms with van der Waals surface area (Å²) in [6, 6.07) is 7.82. The third-order valence-corrected chi connectivity index (χ3v) is 2.87. The van der Waals surface area contributed by atoms with Crippen LogP contribution < -0.4 is 34.7 Å². The Morgan fingerprint density at radius 3 is 2.65 bits per heavy atom. The molecule has 17 heavy (non-hydrogen) atoms. The van der Waals surface area contributed by atoms with Crippen LogP contribution in [0.15, 0.2) is 24.3 Å². The van der Waals surface area contributed by atoms with E-state index in [2.05, 4.69) is 13.0 Å². The molecule has 1 unspecified atom stereocenters. The van der Waals surface area contributed by atoms with Crippen molar-refractivity contribution in [3.63, 3.8) is 0 Å². The van der Waals surface area contributed by atoms with Crippen molar-refractivity contribution in [3.8, 4) is 0 Å². The molecule has 0 heterocycles. The van der Waals surface area contributed by atoms with Gasteiger partial charge < -0.3 is 9.90 Å². The fraction of sp³-hybridized carbons (Fsp3) is 0.500. The average molecular weight is 242 g/mol. The summed E-state index contributed by atoms with van der Waals surface area (Å²) in [6.07, 6.45) is 4.62. The van der Waals surface area contributed by atoms with Crippen LogP contribution in [0, 0.1) is 0 Å². The number of aliphatic carboxylic acids is 1. The number of hydrogen-bond acceptors (Lipinski definition) is 2. The first-order valence-corrected chi connectivity index (χ1v) is 5.94. The van der Waals surface area contributed by atoms with Gasteiger partial charge in [-0.2, -0.15) is 0 Å². The van der Waals surface area contributed by atoms with E-state index in [0.717, 1.165) is 12.0 Å². The van der Waals surface area contributed by atoms with Gasteiger partial charge in [-0.25, -0.2) is 0 Å². The molecule has 0 radical (unpaired) electrons. The number of carboxylic acid groups (broad SMARTS) is 1. The summed E-state index contributed by atoms with van der Waals surface area (Å²) >= 11 is 0. The van der Waals surface area contributed by atoms with Gasteiger partial charge in [0.05, 0.1) is 0 Å². The molecule has 1 rings (SSSR count). The number of benzene rings is 1. The van der Waals surface area contributed by atoms with Gasteiger partial charge in [0.25, 0.3) is 0 Å². The molecule has 0 saturated heterocycles. The fourth-order valence-electron chi connectivity index (χ4n) is 1.73. The maximum atomic E-state index is 10.8. The maximum Gasteiger partial charge on any atom is 1.00 e. The van der Waals surface area contributed by atoms with Gasteiger partial charge in [-0.15, -0.1) is 0 Å². The molecule has 0 aliphatic carbocycles. The van der Waals surface area contributed by atoms with Gasteiger partial charge in [0, 0.05) is 11.9 Å². The monoisotopic (exact) mass is 242 g/mol. The predicted molar refractivity (Wildman–Crippen MR) is 63.1 cm³/mol. The summed E-state index contributed by atoms with van der Waals surface area (Å²) in [7, 11) is 0. The molecular weight excluding hydrogens is 223 g/mol. The third kappa shape index (κ3) is 5.71. The second-order valence-electron chi connectivity index (χ2n) is 4.24. The summed E-state index contributed by atoms with van der Waals surface area (Å²) in [6.45, 7) is 3.84. The van der Waals surface area contributed by atoms with Crippen LogP contribution in [0.4, 0.5) is 0 Å². The van der Waals surface area contributed by atoms with Gasteiger partial charge >= 0.3 is 29.6 Å². The summed E-state index contributed by atoms with van der Waals surface area (Å²) < 4.78 is 0. The number of aryl methyl sites for hydroxylation is 1. The first kappa shape index (κ1) is 16.7. The smallest absolute Gasteiger partial charge is 0.550 e. The Bertz CT molecular complexity index is 350. The molecule has 0 fully saturated rings. The number of carboxylic acids is 1. The molecule has 0 aliphatic heterocycles. The SMILES string of the molecule is CCCCCc1cccc(C(C)C(=O)[O-])c1.[Na+]. The Labute approximate surface area is 126 Å². The van der Waals surface area contributed by atoms with Crippen molar-refractivity contribution in [2.45, 2.75) is 45.4 Å². The summed E-state index contributed by atoms with van der Waals surface area (Å²) in [5, 5.41) is 10.8. The van der Waals surface area contributed by atoms with Gasteiger partial charge in [-0.05, 0) is 24.0 Å². The zero-order valence-electron chi connectivity index (χ0n) is 11.0. The first-order chi connectivity index (χ1) is 7.65. The van der Waals surface area contributed by atoms with E-state index in [1.165, 1.54) is 24.8 Å². The van der Waals surface area contributed by atoms with E-state index >= 15 is 0 Å². The Morgan fingerprint density at radius 1 is 1.35 bits per heavy atom. The maximum absolute atomic E-state index is 10.8. The zero-order valence-corrected chi connectivity index (χ0v) is 13.0. The van der Waals surface area contributed by atoms with Crippen LogP contribution in [-0.4, -0.2) is 5.97 Å². The number of carbonyl (C=O) groups is 1. The summed E-state index contributed by atoms with van der Waals surface area (Å²) in [4.78, 5) is 10.8. The van der Waals surface area contributed by atoms with Crippen molar-refractivity contribution >= 4 is 5.97 Å². The van der Waals surface area contributed by atoms with Crippen molar-refractivity contribution in [3.05, 3.63) is 35.4 Å². The molecule has 0 N–H and O–H groups in total. The Balaban J connectivity index is 0.00000256. The first-order valence-electron chi connectivity index (χ1n) is 5.94. The van der Waals surface area contributed by atoms with Crippen LogP contribution in [0.5, 0.6) is 0 Å². The van der Waals surface area contributed by atoms with E-state index in [1.807, 2.05) is 18.2 Å². The molecule has 0 spiro atoms. The molecule has 0 bridgehead atoms. The molecule has 2 nitrogen and oxygen atoms in total. The zero-order chi connectivity index (χ0) is 12.0. The van der Waals surface area contributed by atoms with E-state index < -0.39 is 11.9 Å². The molecule has 0 aromatic heterocycles. The molecular formula is C14H19NaO2. The summed E-state index contributed by atoms with van der Waals surface area (Å²) in [5.74, 6) is -1.53. The molecule has 1 aromatic carbocycles. The Morgan fingerprint density at radius 2 is 2.06 bits per heavy atom. The average Bonchev–Trinajstić information content (AvgIpc) is 2.29. The minimum Gasteiger partial charge on any atom is -0.550 e. The van der Waals surface area contributed by atoms with Gasteiger partial charge in [0.2, 0.25) is 0 Å². The second kappa shape index (κ2) is 8.73. The Kier molecular flexibility index (Phi) is 8.57. The number of hydrogen-bond donors (Lipinski definition) is 0. The van der Waals surface area contributed by atoms with Crippen molar-refractivity contribution < 1.29 is 39.5 Å². The largest absolute Gasteiger partial charge is 1.00 e. The fourth-order valence-corrected chi connectivity index (χ4v) is 1.73. The molecule has 1 atom stereocenters. The number of carbonyl (C=O) groups excluding carboxylic acids is 1. The van der Waals surface area contributed by atoms with Crippen LogP contribution in [0.3, 0.4) is 0 Å². The van der Waals surface area contributed by atoms with Crippen LogP contribution in [0.1, 0.15) is 50.2 Å². The van der Waals surface area contributed by atoms with Crippen molar-refractivity contribution in [2.24, 2.45) is 0 Å². The number of unbranched alkanes of at least 4 members (excludes halogenated alkanes) is 2. The van der Waals surface area contributed by atoms with Crippen LogP contribution in [-0.2, 0) is 11.2 Å². The topological polar surface area (TPSA) is 40.1 Å². The summed E-state index contributed by atoms with van der Waals surface area (Å²) in [5.41, 5.74) is 2.06. The van der Waals surface area contributed by atoms with Crippen molar-refractivity contribution in [1.29, 1.82) is 0 Å². The molecule has 0 saturated carbocycles. The molecule has 88 valence electrons. The predicted octanol–water partition coefficient (Wildman–Crippen LogP) is -0.723. The van der Waals surface area contributed by atoms with E-state index in [-0.39, 0.29) is 29.6 Å². The van der Waals surface area contributed by atoms with Crippen LogP contribution in [0.2, 0.25) is 0 Å². The van der Waals surface area contributed by atoms with Gasteiger partial charge in [0.15, 0.2) is 0 Å². The van der Waals surface area contributed by atoms with Crippen molar-refractivity contribution in [1.82, 2.24) is 0 Å². The molecule has 0 amide bonds. The van der Waals surface area contributed by atoms with E-state index in [9.17, 15) is 9.90 Å². The molecule has 0 aliphatic rings. The molecule has 1 aromatic rings. The number of rotatable bonds is 6. The Hall–Kier alpha value is -0.310. The minimum absolute atomic E-state index is 0. The third-order valence-electron chi connectivity index (χ3n) is 2.87. The van der Waals surface area contributed by atoms with E-state index in [1.54, 1.807) is 6.92 Å². The van der Waals surface area contributed by atoms with Gasteiger partial charge in [0.1, 0.15) is 0 Å². The second-order valence-corrected chi connectivity index (χ2v) is 4.24. The normalized spacial score (nSPS) is 11.6. The standard InChI is InChI=1S/C14H20O2.Na/c1-3-4-5-7-12-8-6-9-13(10-12)11(2)14(15)16;/h6,8-11H,3-5,7H2,1-2H3,(H,15,16);/q;+1/p-1. The van der Waals surface area contributed by atoms with E-state index in [4.69, 9.17) is 0 Å². The molecule has 3 heteroatoms. The minimum atomic E-state index is -1.01. The van der Waals surface area contributed by atoms with Crippen LogP contribution in [0.25, 0.3) is 0 Å².